The molecule has 1 aliphatic heterocycles. The zero-order valence-electron chi connectivity index (χ0n) is 32.5. The predicted octanol–water partition coefficient (Wildman–Crippen LogP) is 5.75. The van der Waals surface area contributed by atoms with Crippen molar-refractivity contribution in [1.82, 2.24) is 30.8 Å². The van der Waals surface area contributed by atoms with E-state index in [2.05, 4.69) is 80.1 Å². The molecule has 2 aromatic carbocycles. The van der Waals surface area contributed by atoms with Crippen molar-refractivity contribution in [3.63, 3.8) is 0 Å². The maximum Gasteiger partial charge on any atom is 0.351 e. The summed E-state index contributed by atoms with van der Waals surface area (Å²) in [4.78, 5) is 41.5. The Bertz CT molecular complexity index is 1530. The maximum atomic E-state index is 12.7. The fourth-order valence-corrected chi connectivity index (χ4v) is 7.12. The lowest BCUT2D eigenvalue weighted by molar-refractivity contribution is -0.147. The highest BCUT2D eigenvalue weighted by Gasteiger charge is 2.29. The Morgan fingerprint density at radius 3 is 1.78 bits per heavy atom. The van der Waals surface area contributed by atoms with Crippen molar-refractivity contribution in [2.24, 2.45) is 0 Å². The van der Waals surface area contributed by atoms with Crippen LogP contribution in [0.25, 0.3) is 0 Å². The molecule has 0 saturated carbocycles. The van der Waals surface area contributed by atoms with Crippen molar-refractivity contribution >= 4 is 29.5 Å². The van der Waals surface area contributed by atoms with Gasteiger partial charge in [-0.25, -0.2) is 4.79 Å². The van der Waals surface area contributed by atoms with Crippen LogP contribution in [0.15, 0.2) is 77.7 Å². The third-order valence-electron chi connectivity index (χ3n) is 9.27. The predicted molar refractivity (Wildman–Crippen MR) is 222 cm³/mol. The van der Waals surface area contributed by atoms with E-state index in [1.807, 2.05) is 12.1 Å². The van der Waals surface area contributed by atoms with Gasteiger partial charge in [0.25, 0.3) is 0 Å². The highest BCUT2D eigenvalue weighted by molar-refractivity contribution is 8.00. The van der Waals surface area contributed by atoms with Gasteiger partial charge in [0.05, 0.1) is 0 Å². The van der Waals surface area contributed by atoms with Crippen LogP contribution < -0.4 is 32.3 Å². The second-order valence-electron chi connectivity index (χ2n) is 13.9. The zero-order chi connectivity index (χ0) is 38.6. The third kappa shape index (κ3) is 19.7. The molecule has 302 valence electrons. The smallest absolute Gasteiger partial charge is 0.351 e. The topological polar surface area (TPSA) is 148 Å². The first-order valence-corrected chi connectivity index (χ1v) is 21.3. The summed E-state index contributed by atoms with van der Waals surface area (Å²) in [6.07, 6.45) is 11.9. The number of carbonyl (C=O) groups excluding carboxylic acids is 2. The quantitative estimate of drug-likeness (QED) is 0.0417. The first-order chi connectivity index (χ1) is 27.1. The second kappa shape index (κ2) is 27.9. The summed E-state index contributed by atoms with van der Waals surface area (Å²) in [7, 11) is 0. The summed E-state index contributed by atoms with van der Waals surface area (Å²) in [6, 6.07) is 22.5. The van der Waals surface area contributed by atoms with Crippen LogP contribution in [0.4, 0.5) is 5.82 Å². The van der Waals surface area contributed by atoms with Gasteiger partial charge < -0.3 is 36.1 Å². The molecule has 0 radical (unpaired) electrons. The first-order valence-electron chi connectivity index (χ1n) is 20.3. The number of nitrogens with one attached hydrogen (secondary N) is 5. The first kappa shape index (κ1) is 44.1. The van der Waals surface area contributed by atoms with Gasteiger partial charge in [0, 0.05) is 37.9 Å². The number of rotatable bonds is 30. The number of hydrogen-bond donors (Lipinski definition) is 5. The average molecular weight is 778 g/mol. The molecule has 0 unspecified atom stereocenters. The zero-order valence-corrected chi connectivity index (χ0v) is 33.3. The Morgan fingerprint density at radius 2 is 1.22 bits per heavy atom. The van der Waals surface area contributed by atoms with Crippen LogP contribution in [-0.4, -0.2) is 78.5 Å². The summed E-state index contributed by atoms with van der Waals surface area (Å²) in [5.74, 6) is 0.392. The highest BCUT2D eigenvalue weighted by Crippen LogP contribution is 2.31. The van der Waals surface area contributed by atoms with Crippen LogP contribution in [0.2, 0.25) is 0 Å². The van der Waals surface area contributed by atoms with Crippen molar-refractivity contribution in [1.29, 1.82) is 0 Å². The van der Waals surface area contributed by atoms with Crippen LogP contribution in [0.1, 0.15) is 94.4 Å². The van der Waals surface area contributed by atoms with Crippen LogP contribution in [0.3, 0.4) is 0 Å². The van der Waals surface area contributed by atoms with Gasteiger partial charge in [-0.3, -0.25) is 14.2 Å². The van der Waals surface area contributed by atoms with E-state index in [1.165, 1.54) is 27.5 Å². The molecule has 3 aromatic rings. The minimum Gasteiger partial charge on any atom is -0.462 e. The fourth-order valence-electron chi connectivity index (χ4n) is 6.13. The molecule has 2 heterocycles. The fraction of sp³-hybridized carbons (Fsp3) is 0.571. The van der Waals surface area contributed by atoms with Crippen LogP contribution in [0.5, 0.6) is 0 Å². The van der Waals surface area contributed by atoms with Gasteiger partial charge in [-0.2, -0.15) is 4.98 Å². The summed E-state index contributed by atoms with van der Waals surface area (Å²) < 4.78 is 12.8. The number of thioether (sulfide) groups is 1. The van der Waals surface area contributed by atoms with Gasteiger partial charge in [-0.1, -0.05) is 73.5 Å². The Hall–Kier alpha value is -3.59. The molecule has 1 amide bonds. The molecule has 1 aliphatic rings. The SMILES string of the molecule is O=C(CCCCCNCCCCNCc1ccccc1)Nc1ccn([C@@H]2CS[C@H](COC(=O)CCCCCNCCCCNCc3ccccc3)O2)c(=O)n1. The van der Waals surface area contributed by atoms with Gasteiger partial charge in [0.15, 0.2) is 0 Å². The molecule has 1 fully saturated rings. The lowest BCUT2D eigenvalue weighted by atomic mass is 10.2. The van der Waals surface area contributed by atoms with Crippen LogP contribution in [0, 0.1) is 0 Å². The Kier molecular flexibility index (Phi) is 22.4. The number of amides is 1. The summed E-state index contributed by atoms with van der Waals surface area (Å²) in [5, 5.41) is 16.7. The van der Waals surface area contributed by atoms with Crippen molar-refractivity contribution in [3.8, 4) is 0 Å². The van der Waals surface area contributed by atoms with Crippen molar-refractivity contribution in [2.45, 2.75) is 102 Å². The average Bonchev–Trinajstić information content (AvgIpc) is 3.67. The number of hydrogen-bond acceptors (Lipinski definition) is 11. The van der Waals surface area contributed by atoms with E-state index < -0.39 is 11.9 Å². The van der Waals surface area contributed by atoms with E-state index in [4.69, 9.17) is 9.47 Å². The van der Waals surface area contributed by atoms with E-state index in [-0.39, 0.29) is 29.7 Å². The molecule has 0 bridgehead atoms. The normalized spacial score (nSPS) is 15.3. The Balaban J connectivity index is 0.934. The molecular weight excluding hydrogens is 715 g/mol. The number of nitrogens with zero attached hydrogens (tertiary/aromatic N) is 2. The van der Waals surface area contributed by atoms with E-state index in [1.54, 1.807) is 12.3 Å². The third-order valence-corrected chi connectivity index (χ3v) is 10.4. The molecule has 1 saturated heterocycles. The van der Waals surface area contributed by atoms with E-state index in [9.17, 15) is 14.4 Å². The van der Waals surface area contributed by atoms with E-state index >= 15 is 0 Å². The molecule has 13 heteroatoms. The summed E-state index contributed by atoms with van der Waals surface area (Å²) >= 11 is 1.50. The molecule has 12 nitrogen and oxygen atoms in total. The van der Waals surface area contributed by atoms with Crippen molar-refractivity contribution in [2.75, 3.05) is 56.9 Å². The molecular formula is C42H63N7O5S. The highest BCUT2D eigenvalue weighted by atomic mass is 32.2. The minimum atomic E-state index is -0.513. The number of anilines is 1. The summed E-state index contributed by atoms with van der Waals surface area (Å²) in [5.41, 5.74) is 1.78. The van der Waals surface area contributed by atoms with Crippen LogP contribution in [-0.2, 0) is 32.2 Å². The standard InChI is InChI=1S/C42H63N7O5S/c50-38(21-9-3-11-24-43-26-13-15-28-45-31-35-17-5-1-6-18-35)47-37-23-30-49(42(52)48-37)39-34-55-41(54-39)33-53-40(51)22-10-4-12-25-44-27-14-16-29-46-32-36-19-7-2-8-20-36/h1-2,5-8,17-20,23,30,39,41,43-46H,3-4,9-16,21-22,24-29,31-34H2,(H,47,48,50,52)/t39-,41+/m0/s1. The monoisotopic (exact) mass is 777 g/mol. The molecule has 0 aliphatic carbocycles. The van der Waals surface area contributed by atoms with Crippen LogP contribution >= 0.6 is 11.8 Å². The molecule has 0 spiro atoms. The van der Waals surface area contributed by atoms with Gasteiger partial charge in [0.1, 0.15) is 24.1 Å². The van der Waals surface area contributed by atoms with Crippen molar-refractivity contribution < 1.29 is 19.1 Å². The molecule has 1 aromatic heterocycles. The largest absolute Gasteiger partial charge is 0.462 e. The molecule has 2 atom stereocenters. The molecule has 5 N–H and O–H groups in total. The lowest BCUT2D eigenvalue weighted by Gasteiger charge is -2.15. The summed E-state index contributed by atoms with van der Waals surface area (Å²) in [6.45, 7) is 7.89. The number of benzene rings is 2. The Labute approximate surface area is 331 Å². The number of carbonyl (C=O) groups is 2. The Morgan fingerprint density at radius 1 is 0.691 bits per heavy atom. The molecule has 55 heavy (non-hydrogen) atoms. The number of esters is 1. The van der Waals surface area contributed by atoms with E-state index in [0.717, 1.165) is 117 Å². The van der Waals surface area contributed by atoms with Gasteiger partial charge in [0.2, 0.25) is 5.91 Å². The number of aromatic nitrogens is 2. The molecule has 4 rings (SSSR count). The van der Waals surface area contributed by atoms with Crippen molar-refractivity contribution in [3.05, 3.63) is 94.5 Å². The lowest BCUT2D eigenvalue weighted by Crippen LogP contribution is -2.29. The van der Waals surface area contributed by atoms with Gasteiger partial charge >= 0.3 is 11.7 Å². The maximum absolute atomic E-state index is 12.7. The minimum absolute atomic E-state index is 0.140. The number of ether oxygens (including phenoxy) is 2. The van der Waals surface area contributed by atoms with Gasteiger partial charge in [-0.15, -0.1) is 11.8 Å². The van der Waals surface area contributed by atoms with Gasteiger partial charge in [-0.05, 0) is 108 Å². The number of unbranched alkanes of at least 4 members (excludes halogenated alkanes) is 6. The van der Waals surface area contributed by atoms with E-state index in [0.29, 0.717) is 18.6 Å². The second-order valence-corrected chi connectivity index (χ2v) is 15.1.